The van der Waals surface area contributed by atoms with Crippen molar-refractivity contribution in [1.82, 2.24) is 14.7 Å². The molecule has 0 saturated carbocycles. The van der Waals surface area contributed by atoms with Gasteiger partial charge in [-0.3, -0.25) is 14.0 Å². The molecule has 1 aliphatic carbocycles. The molecule has 0 atom stereocenters. The Balaban J connectivity index is 1.61. The Morgan fingerprint density at radius 1 is 1.25 bits per heavy atom. The summed E-state index contributed by atoms with van der Waals surface area (Å²) in [4.78, 5) is 32.0. The number of carbonyl (C=O) groups is 1. The molecule has 1 N–H and O–H groups in total. The van der Waals surface area contributed by atoms with Gasteiger partial charge in [0.15, 0.2) is 4.96 Å². The normalized spacial score (nSPS) is 14.2. The lowest BCUT2D eigenvalue weighted by Crippen LogP contribution is -2.31. The van der Waals surface area contributed by atoms with Crippen LogP contribution in [0.3, 0.4) is 0 Å². The molecule has 0 saturated heterocycles. The second-order valence-corrected chi connectivity index (χ2v) is 8.08. The lowest BCUT2D eigenvalue weighted by atomic mass is 10.0. The molecule has 146 valence electrons. The predicted molar refractivity (Wildman–Crippen MR) is 109 cm³/mol. The van der Waals surface area contributed by atoms with Gasteiger partial charge in [-0.2, -0.15) is 0 Å². The first-order valence-electron chi connectivity index (χ1n) is 9.61. The zero-order valence-corrected chi connectivity index (χ0v) is 16.7. The number of nitrogens with one attached hydrogen (secondary N) is 1. The molecule has 0 bridgehead atoms. The van der Waals surface area contributed by atoms with E-state index in [9.17, 15) is 9.59 Å². The summed E-state index contributed by atoms with van der Waals surface area (Å²) in [6, 6.07) is 7.47. The maximum Gasteiger partial charge on any atom is 0.271 e. The Labute approximate surface area is 167 Å². The van der Waals surface area contributed by atoms with Crippen LogP contribution in [0.25, 0.3) is 4.96 Å². The topological polar surface area (TPSA) is 72.7 Å². The number of carbonyl (C=O) groups excluding carboxylic acids is 1. The number of hydrogen-bond donors (Lipinski definition) is 1. The maximum absolute atomic E-state index is 13.1. The van der Waals surface area contributed by atoms with Gasteiger partial charge in [0, 0.05) is 23.3 Å². The highest BCUT2D eigenvalue weighted by molar-refractivity contribution is 7.17. The average Bonchev–Trinajstić information content (AvgIpc) is 3.04. The number of ether oxygens (including phenoxy) is 1. The maximum atomic E-state index is 13.1. The lowest BCUT2D eigenvalue weighted by Gasteiger charge is -2.10. The van der Waals surface area contributed by atoms with Gasteiger partial charge in [-0.25, -0.2) is 4.98 Å². The average molecular weight is 398 g/mol. The molecule has 4 rings (SSSR count). The van der Waals surface area contributed by atoms with E-state index >= 15 is 0 Å². The van der Waals surface area contributed by atoms with Crippen molar-refractivity contribution in [3.05, 3.63) is 62.5 Å². The second-order valence-electron chi connectivity index (χ2n) is 7.02. The number of nitrogens with zero attached hydrogens (tertiary/aromatic N) is 2. The molecule has 1 amide bonds. The third-order valence-corrected chi connectivity index (χ3v) is 6.29. The third kappa shape index (κ3) is 3.67. The van der Waals surface area contributed by atoms with E-state index in [2.05, 4.69) is 10.3 Å². The van der Waals surface area contributed by atoms with Crippen LogP contribution in [0.2, 0.25) is 0 Å². The number of benzene rings is 1. The van der Waals surface area contributed by atoms with Gasteiger partial charge in [0.2, 0.25) is 0 Å². The Kier molecular flexibility index (Phi) is 5.43. The molecule has 1 aliphatic rings. The molecule has 0 unspecified atom stereocenters. The minimum Gasteiger partial charge on any atom is -0.497 e. The number of fused-ring (bicyclic) bond motifs is 3. The Bertz CT molecular complexity index is 1070. The van der Waals surface area contributed by atoms with Gasteiger partial charge in [-0.1, -0.05) is 25.0 Å². The SMILES string of the molecule is COc1cccc(CNC(=O)c2cnc3sc4c(n3c2=O)CCCCCC4)c1. The number of amides is 1. The number of aromatic nitrogens is 2. The summed E-state index contributed by atoms with van der Waals surface area (Å²) in [5.41, 5.74) is 1.76. The standard InChI is InChI=1S/C21H23N3O3S/c1-27-15-8-6-7-14(11-15)12-22-19(25)16-13-23-21-24(20(16)26)17-9-4-2-3-5-10-18(17)28-21/h6-8,11,13H,2-5,9-10,12H2,1H3,(H,22,25). The molecule has 0 spiro atoms. The molecular weight excluding hydrogens is 374 g/mol. The summed E-state index contributed by atoms with van der Waals surface area (Å²) < 4.78 is 6.86. The zero-order valence-electron chi connectivity index (χ0n) is 15.9. The molecule has 6 nitrogen and oxygen atoms in total. The van der Waals surface area contributed by atoms with Crippen molar-refractivity contribution >= 4 is 22.2 Å². The second kappa shape index (κ2) is 8.14. The molecule has 7 heteroatoms. The fourth-order valence-corrected chi connectivity index (χ4v) is 4.81. The summed E-state index contributed by atoms with van der Waals surface area (Å²) in [7, 11) is 1.60. The first kappa shape index (κ1) is 18.7. The van der Waals surface area contributed by atoms with E-state index in [1.54, 1.807) is 22.8 Å². The van der Waals surface area contributed by atoms with Crippen molar-refractivity contribution in [2.45, 2.75) is 45.1 Å². The van der Waals surface area contributed by atoms with Gasteiger partial charge in [0.05, 0.1) is 7.11 Å². The van der Waals surface area contributed by atoms with Crippen molar-refractivity contribution in [1.29, 1.82) is 0 Å². The highest BCUT2D eigenvalue weighted by Gasteiger charge is 2.20. The van der Waals surface area contributed by atoms with Crippen LogP contribution in [0, 0.1) is 0 Å². The fourth-order valence-electron chi connectivity index (χ4n) is 3.64. The summed E-state index contributed by atoms with van der Waals surface area (Å²) >= 11 is 1.58. The summed E-state index contributed by atoms with van der Waals surface area (Å²) in [6.45, 7) is 0.319. The monoisotopic (exact) mass is 397 g/mol. The summed E-state index contributed by atoms with van der Waals surface area (Å²) in [5.74, 6) is 0.326. The molecule has 1 aromatic carbocycles. The number of thiazole rings is 1. The van der Waals surface area contributed by atoms with Crippen molar-refractivity contribution in [3.63, 3.8) is 0 Å². The van der Waals surface area contributed by atoms with Crippen LogP contribution in [0.15, 0.2) is 35.3 Å². The molecule has 2 aromatic heterocycles. The Morgan fingerprint density at radius 2 is 2.07 bits per heavy atom. The van der Waals surface area contributed by atoms with Crippen LogP contribution in [0.1, 0.15) is 52.2 Å². The zero-order chi connectivity index (χ0) is 19.5. The van der Waals surface area contributed by atoms with E-state index in [4.69, 9.17) is 4.74 Å². The number of aryl methyl sites for hydroxylation is 2. The minimum absolute atomic E-state index is 0.0862. The van der Waals surface area contributed by atoms with Gasteiger partial charge < -0.3 is 10.1 Å². The van der Waals surface area contributed by atoms with Crippen LogP contribution in [0.5, 0.6) is 5.75 Å². The van der Waals surface area contributed by atoms with Crippen molar-refractivity contribution in [2.24, 2.45) is 0 Å². The number of hydrogen-bond acceptors (Lipinski definition) is 5. The van der Waals surface area contributed by atoms with Gasteiger partial charge in [-0.15, -0.1) is 11.3 Å². The summed E-state index contributed by atoms with van der Waals surface area (Å²) in [5, 5.41) is 2.82. The fraction of sp³-hybridized carbons (Fsp3) is 0.381. The highest BCUT2D eigenvalue weighted by atomic mass is 32.1. The molecule has 0 aliphatic heterocycles. The van der Waals surface area contributed by atoms with E-state index in [1.165, 1.54) is 23.9 Å². The van der Waals surface area contributed by atoms with E-state index < -0.39 is 5.91 Å². The van der Waals surface area contributed by atoms with Crippen LogP contribution >= 0.6 is 11.3 Å². The molecule has 2 heterocycles. The quantitative estimate of drug-likeness (QED) is 0.733. The van der Waals surface area contributed by atoms with Gasteiger partial charge in [-0.05, 0) is 43.4 Å². The molecule has 0 fully saturated rings. The Morgan fingerprint density at radius 3 is 2.89 bits per heavy atom. The van der Waals surface area contributed by atoms with E-state index in [0.717, 1.165) is 42.7 Å². The van der Waals surface area contributed by atoms with Crippen LogP contribution in [-0.4, -0.2) is 22.4 Å². The number of rotatable bonds is 4. The van der Waals surface area contributed by atoms with Crippen LogP contribution < -0.4 is 15.6 Å². The van der Waals surface area contributed by atoms with E-state index in [-0.39, 0.29) is 11.1 Å². The summed E-state index contributed by atoms with van der Waals surface area (Å²) in [6.07, 6.45) is 7.88. The van der Waals surface area contributed by atoms with E-state index in [1.807, 2.05) is 24.3 Å². The first-order chi connectivity index (χ1) is 13.7. The number of methoxy groups -OCH3 is 1. The largest absolute Gasteiger partial charge is 0.497 e. The van der Waals surface area contributed by atoms with Crippen LogP contribution in [-0.2, 0) is 19.4 Å². The van der Waals surface area contributed by atoms with Crippen molar-refractivity contribution in [3.8, 4) is 5.75 Å². The molecule has 0 radical (unpaired) electrons. The van der Waals surface area contributed by atoms with Crippen LogP contribution in [0.4, 0.5) is 0 Å². The molecule has 3 aromatic rings. The highest BCUT2D eigenvalue weighted by Crippen LogP contribution is 2.27. The first-order valence-corrected chi connectivity index (χ1v) is 10.4. The van der Waals surface area contributed by atoms with Gasteiger partial charge >= 0.3 is 0 Å². The third-order valence-electron chi connectivity index (χ3n) is 5.13. The molecular formula is C21H23N3O3S. The lowest BCUT2D eigenvalue weighted by molar-refractivity contribution is 0.0949. The molecule has 28 heavy (non-hydrogen) atoms. The minimum atomic E-state index is -0.402. The Hall–Kier alpha value is -2.67. The smallest absolute Gasteiger partial charge is 0.271 e. The van der Waals surface area contributed by atoms with Crippen molar-refractivity contribution in [2.75, 3.05) is 7.11 Å². The van der Waals surface area contributed by atoms with Gasteiger partial charge in [0.25, 0.3) is 11.5 Å². The van der Waals surface area contributed by atoms with Crippen molar-refractivity contribution < 1.29 is 9.53 Å². The predicted octanol–water partition coefficient (Wildman–Crippen LogP) is 3.35. The van der Waals surface area contributed by atoms with E-state index in [0.29, 0.717) is 11.5 Å². The van der Waals surface area contributed by atoms with Gasteiger partial charge in [0.1, 0.15) is 11.3 Å².